The van der Waals surface area contributed by atoms with E-state index in [0.29, 0.717) is 35.9 Å². The van der Waals surface area contributed by atoms with Crippen molar-refractivity contribution >= 4 is 5.91 Å². The Morgan fingerprint density at radius 1 is 1.00 bits per heavy atom. The predicted molar refractivity (Wildman–Crippen MR) is 112 cm³/mol. The third kappa shape index (κ3) is 3.50. The Labute approximate surface area is 174 Å². The number of nitrogens with zero attached hydrogens (tertiary/aromatic N) is 5. The molecule has 1 aliphatic rings. The maximum Gasteiger partial charge on any atom is 0.254 e. The summed E-state index contributed by atoms with van der Waals surface area (Å²) in [6.45, 7) is 1.36. The minimum absolute atomic E-state index is 0.00195. The van der Waals surface area contributed by atoms with Gasteiger partial charge in [0.05, 0.1) is 17.8 Å². The van der Waals surface area contributed by atoms with Crippen molar-refractivity contribution in [1.29, 1.82) is 0 Å². The molecule has 1 fully saturated rings. The van der Waals surface area contributed by atoms with Crippen molar-refractivity contribution in [2.75, 3.05) is 13.1 Å². The number of likely N-dealkylation sites (tertiary alicyclic amines) is 1. The third-order valence-corrected chi connectivity index (χ3v) is 5.51. The molecule has 0 atom stereocenters. The fourth-order valence-corrected chi connectivity index (χ4v) is 3.90. The van der Waals surface area contributed by atoms with Gasteiger partial charge in [-0.2, -0.15) is 5.10 Å². The molecule has 2 aromatic carbocycles. The fraction of sp³-hybridized carbons (Fsp3) is 0.217. The molecule has 7 nitrogen and oxygen atoms in total. The summed E-state index contributed by atoms with van der Waals surface area (Å²) in [6.07, 6.45) is 6.70. The third-order valence-electron chi connectivity index (χ3n) is 5.51. The standard InChI is InChI=1S/C23H21N5O2/c29-23(27-12-10-18(11-13-27)28-16-24-15-26-28)20-9-5-4-8-19(20)22-25-14-21(30-22)17-6-2-1-3-7-17/h1-9,14-16,18H,10-13H2. The molecule has 0 unspecified atom stereocenters. The average molecular weight is 399 g/mol. The summed E-state index contributed by atoms with van der Waals surface area (Å²) in [6, 6.07) is 17.6. The monoisotopic (exact) mass is 399 g/mol. The minimum Gasteiger partial charge on any atom is -0.436 e. The largest absolute Gasteiger partial charge is 0.436 e. The number of hydrogen-bond acceptors (Lipinski definition) is 5. The molecular weight excluding hydrogens is 378 g/mol. The highest BCUT2D eigenvalue weighted by Crippen LogP contribution is 2.30. The van der Waals surface area contributed by atoms with Crippen LogP contribution in [0.1, 0.15) is 29.2 Å². The number of carbonyl (C=O) groups excluding carboxylic acids is 1. The quantitative estimate of drug-likeness (QED) is 0.517. The van der Waals surface area contributed by atoms with Crippen molar-refractivity contribution in [3.8, 4) is 22.8 Å². The highest BCUT2D eigenvalue weighted by atomic mass is 16.4. The molecule has 0 radical (unpaired) electrons. The van der Waals surface area contributed by atoms with E-state index in [1.165, 1.54) is 0 Å². The van der Waals surface area contributed by atoms with Crippen molar-refractivity contribution in [2.24, 2.45) is 0 Å². The molecule has 1 aliphatic heterocycles. The number of oxazole rings is 1. The van der Waals surface area contributed by atoms with Crippen LogP contribution in [-0.4, -0.2) is 43.6 Å². The molecule has 3 heterocycles. The van der Waals surface area contributed by atoms with Gasteiger partial charge in [0.2, 0.25) is 5.89 Å². The number of aromatic nitrogens is 4. The zero-order valence-electron chi connectivity index (χ0n) is 16.4. The lowest BCUT2D eigenvalue weighted by molar-refractivity contribution is 0.0690. The summed E-state index contributed by atoms with van der Waals surface area (Å²) in [5.74, 6) is 1.14. The molecule has 2 aromatic heterocycles. The molecule has 5 rings (SSSR count). The van der Waals surface area contributed by atoms with Crippen LogP contribution in [0.4, 0.5) is 0 Å². The van der Waals surface area contributed by atoms with E-state index in [-0.39, 0.29) is 11.9 Å². The van der Waals surface area contributed by atoms with E-state index in [1.54, 1.807) is 18.9 Å². The number of carbonyl (C=O) groups is 1. The molecule has 4 aromatic rings. The van der Waals surface area contributed by atoms with E-state index in [0.717, 1.165) is 18.4 Å². The first kappa shape index (κ1) is 18.3. The maximum absolute atomic E-state index is 13.3. The van der Waals surface area contributed by atoms with Crippen LogP contribution in [0, 0.1) is 0 Å². The number of amides is 1. The van der Waals surface area contributed by atoms with E-state index >= 15 is 0 Å². The van der Waals surface area contributed by atoms with E-state index in [2.05, 4.69) is 15.1 Å². The van der Waals surface area contributed by atoms with E-state index < -0.39 is 0 Å². The van der Waals surface area contributed by atoms with Crippen molar-refractivity contribution in [3.63, 3.8) is 0 Å². The Bertz CT molecular complexity index is 1130. The van der Waals surface area contributed by atoms with Crippen molar-refractivity contribution in [3.05, 3.63) is 79.0 Å². The zero-order chi connectivity index (χ0) is 20.3. The molecular formula is C23H21N5O2. The van der Waals surface area contributed by atoms with Crippen LogP contribution in [0.2, 0.25) is 0 Å². The smallest absolute Gasteiger partial charge is 0.254 e. The van der Waals surface area contributed by atoms with Gasteiger partial charge in [-0.25, -0.2) is 14.6 Å². The van der Waals surface area contributed by atoms with E-state index in [1.807, 2.05) is 64.2 Å². The molecule has 7 heteroatoms. The molecule has 0 spiro atoms. The highest BCUT2D eigenvalue weighted by Gasteiger charge is 2.27. The van der Waals surface area contributed by atoms with Gasteiger partial charge in [0, 0.05) is 24.2 Å². The number of piperidine rings is 1. The summed E-state index contributed by atoms with van der Waals surface area (Å²) in [4.78, 5) is 23.6. The van der Waals surface area contributed by atoms with Crippen LogP contribution in [-0.2, 0) is 0 Å². The Kier molecular flexibility index (Phi) is 4.85. The zero-order valence-corrected chi connectivity index (χ0v) is 16.4. The molecule has 0 saturated carbocycles. The summed E-state index contributed by atoms with van der Waals surface area (Å²) >= 11 is 0. The normalized spacial score (nSPS) is 14.7. The topological polar surface area (TPSA) is 77.0 Å². The second-order valence-corrected chi connectivity index (χ2v) is 7.34. The van der Waals surface area contributed by atoms with Crippen LogP contribution in [0.25, 0.3) is 22.8 Å². The van der Waals surface area contributed by atoms with Gasteiger partial charge in [-0.3, -0.25) is 4.79 Å². The Morgan fingerprint density at radius 3 is 2.53 bits per heavy atom. The number of rotatable bonds is 4. The van der Waals surface area contributed by atoms with Gasteiger partial charge in [0.1, 0.15) is 12.7 Å². The van der Waals surface area contributed by atoms with Gasteiger partial charge < -0.3 is 9.32 Å². The van der Waals surface area contributed by atoms with Crippen molar-refractivity contribution < 1.29 is 9.21 Å². The summed E-state index contributed by atoms with van der Waals surface area (Å²) in [5, 5.41) is 4.23. The lowest BCUT2D eigenvalue weighted by Gasteiger charge is -2.32. The first-order valence-corrected chi connectivity index (χ1v) is 10.0. The van der Waals surface area contributed by atoms with Crippen molar-refractivity contribution in [2.45, 2.75) is 18.9 Å². The molecule has 1 amide bonds. The summed E-state index contributed by atoms with van der Waals surface area (Å²) < 4.78 is 7.88. The van der Waals surface area contributed by atoms with Gasteiger partial charge >= 0.3 is 0 Å². The molecule has 0 aliphatic carbocycles. The second kappa shape index (κ2) is 7.94. The Balaban J connectivity index is 1.36. The van der Waals surface area contributed by atoms with Crippen LogP contribution in [0.5, 0.6) is 0 Å². The first-order chi connectivity index (χ1) is 14.8. The molecule has 0 N–H and O–H groups in total. The SMILES string of the molecule is O=C(c1ccccc1-c1ncc(-c2ccccc2)o1)N1CCC(n2cncn2)CC1. The van der Waals surface area contributed by atoms with Gasteiger partial charge in [0.15, 0.2) is 5.76 Å². The minimum atomic E-state index is 0.00195. The Morgan fingerprint density at radius 2 is 1.77 bits per heavy atom. The summed E-state index contributed by atoms with van der Waals surface area (Å²) in [5.41, 5.74) is 2.27. The van der Waals surface area contributed by atoms with E-state index in [4.69, 9.17) is 4.42 Å². The molecule has 1 saturated heterocycles. The van der Waals surface area contributed by atoms with Gasteiger partial charge in [-0.05, 0) is 25.0 Å². The van der Waals surface area contributed by atoms with Crippen LogP contribution in [0.3, 0.4) is 0 Å². The van der Waals surface area contributed by atoms with E-state index in [9.17, 15) is 4.79 Å². The van der Waals surface area contributed by atoms with Crippen LogP contribution >= 0.6 is 0 Å². The molecule has 150 valence electrons. The first-order valence-electron chi connectivity index (χ1n) is 10.0. The van der Waals surface area contributed by atoms with Crippen LogP contribution < -0.4 is 0 Å². The van der Waals surface area contributed by atoms with Gasteiger partial charge in [-0.1, -0.05) is 42.5 Å². The van der Waals surface area contributed by atoms with Crippen LogP contribution in [0.15, 0.2) is 77.9 Å². The second-order valence-electron chi connectivity index (χ2n) is 7.34. The molecule has 30 heavy (non-hydrogen) atoms. The fourth-order valence-electron chi connectivity index (χ4n) is 3.90. The number of hydrogen-bond donors (Lipinski definition) is 0. The predicted octanol–water partition coefficient (Wildman–Crippen LogP) is 4.08. The van der Waals surface area contributed by atoms with Crippen molar-refractivity contribution in [1.82, 2.24) is 24.6 Å². The highest BCUT2D eigenvalue weighted by molar-refractivity contribution is 6.00. The summed E-state index contributed by atoms with van der Waals surface area (Å²) in [7, 11) is 0. The lowest BCUT2D eigenvalue weighted by Crippen LogP contribution is -2.39. The average Bonchev–Trinajstić information content (AvgIpc) is 3.52. The number of benzene rings is 2. The maximum atomic E-state index is 13.3. The lowest BCUT2D eigenvalue weighted by atomic mass is 10.0. The molecule has 0 bridgehead atoms. The van der Waals surface area contributed by atoms with Gasteiger partial charge in [0.25, 0.3) is 5.91 Å². The Hall–Kier alpha value is -3.74. The van der Waals surface area contributed by atoms with Gasteiger partial charge in [-0.15, -0.1) is 0 Å².